The highest BCUT2D eigenvalue weighted by atomic mass is 14.7. The number of nitriles is 1. The maximum atomic E-state index is 8.45. The predicted octanol–water partition coefficient (Wildman–Crippen LogP) is 0.167. The van der Waals surface area contributed by atoms with E-state index in [0.717, 1.165) is 0 Å². The highest BCUT2D eigenvalue weighted by Crippen LogP contribution is 2.07. The van der Waals surface area contributed by atoms with Crippen molar-refractivity contribution >= 4 is 0 Å². The first-order chi connectivity index (χ1) is 3.50. The Labute approximate surface area is 50.3 Å². The van der Waals surface area contributed by atoms with Gasteiger partial charge in [0.2, 0.25) is 0 Å². The molecular formula is C6H13N2+. The second kappa shape index (κ2) is 2.15. The molecule has 0 aromatic carbocycles. The number of hydrogen-bond donors (Lipinski definition) is 1. The van der Waals surface area contributed by atoms with E-state index in [1.807, 2.05) is 20.8 Å². The molecule has 0 aromatic heterocycles. The summed E-state index contributed by atoms with van der Waals surface area (Å²) in [7, 11) is 0. The molecule has 0 aliphatic heterocycles. The SMILES string of the molecule is CC(C)[C@](C)([NH3+])C#N. The maximum Gasteiger partial charge on any atom is 0.181 e. The van der Waals surface area contributed by atoms with Gasteiger partial charge in [-0.05, 0) is 0 Å². The van der Waals surface area contributed by atoms with Crippen LogP contribution < -0.4 is 5.73 Å². The van der Waals surface area contributed by atoms with E-state index in [2.05, 4.69) is 11.8 Å². The van der Waals surface area contributed by atoms with E-state index in [0.29, 0.717) is 5.92 Å². The molecule has 0 spiro atoms. The fourth-order valence-corrected chi connectivity index (χ4v) is 0.129. The Hall–Kier alpha value is -0.550. The van der Waals surface area contributed by atoms with Gasteiger partial charge in [-0.1, -0.05) is 13.8 Å². The summed E-state index contributed by atoms with van der Waals surface area (Å²) in [5.41, 5.74) is 3.32. The van der Waals surface area contributed by atoms with Gasteiger partial charge in [0.25, 0.3) is 0 Å². The van der Waals surface area contributed by atoms with Crippen LogP contribution in [0.3, 0.4) is 0 Å². The zero-order chi connectivity index (χ0) is 6.78. The molecule has 0 radical (unpaired) electrons. The van der Waals surface area contributed by atoms with Crippen LogP contribution in [0.1, 0.15) is 20.8 Å². The second-order valence-corrected chi connectivity index (χ2v) is 2.68. The lowest BCUT2D eigenvalue weighted by molar-refractivity contribution is -0.461. The standard InChI is InChI=1S/C6H12N2/c1-5(2)6(3,8)4-7/h5H,8H2,1-3H3/p+1/t6-/m1/s1. The van der Waals surface area contributed by atoms with Gasteiger partial charge in [0.1, 0.15) is 6.07 Å². The normalized spacial score (nSPS) is 17.5. The minimum Gasteiger partial charge on any atom is -0.341 e. The fraction of sp³-hybridized carbons (Fsp3) is 0.833. The zero-order valence-corrected chi connectivity index (χ0v) is 5.73. The van der Waals surface area contributed by atoms with Gasteiger partial charge in [0.15, 0.2) is 5.54 Å². The molecule has 3 N–H and O–H groups in total. The van der Waals surface area contributed by atoms with Gasteiger partial charge in [-0.15, -0.1) is 0 Å². The van der Waals surface area contributed by atoms with Gasteiger partial charge >= 0.3 is 0 Å². The molecule has 0 amide bonds. The maximum absolute atomic E-state index is 8.45. The van der Waals surface area contributed by atoms with Gasteiger partial charge in [-0.25, -0.2) is 0 Å². The molecule has 0 rings (SSSR count). The molecule has 2 heteroatoms. The number of nitrogens with zero attached hydrogens (tertiary/aromatic N) is 1. The zero-order valence-electron chi connectivity index (χ0n) is 5.73. The highest BCUT2D eigenvalue weighted by molar-refractivity contribution is 4.96. The molecule has 0 heterocycles. The Morgan fingerprint density at radius 3 is 2.00 bits per heavy atom. The Morgan fingerprint density at radius 2 is 2.00 bits per heavy atom. The van der Waals surface area contributed by atoms with E-state index < -0.39 is 5.54 Å². The molecular weight excluding hydrogens is 100 g/mol. The summed E-state index contributed by atoms with van der Waals surface area (Å²) in [6.07, 6.45) is 0. The van der Waals surface area contributed by atoms with Gasteiger partial charge in [0, 0.05) is 12.8 Å². The molecule has 1 atom stereocenters. The molecule has 0 unspecified atom stereocenters. The van der Waals surface area contributed by atoms with Crippen molar-refractivity contribution < 1.29 is 5.73 Å². The fourth-order valence-electron chi connectivity index (χ4n) is 0.129. The van der Waals surface area contributed by atoms with Crippen LogP contribution in [0.25, 0.3) is 0 Å². The average molecular weight is 113 g/mol. The third-order valence-electron chi connectivity index (χ3n) is 1.53. The van der Waals surface area contributed by atoms with Crippen molar-refractivity contribution in [3.8, 4) is 6.07 Å². The van der Waals surface area contributed by atoms with Crippen LogP contribution in [-0.4, -0.2) is 5.54 Å². The van der Waals surface area contributed by atoms with Crippen molar-refractivity contribution in [2.24, 2.45) is 5.92 Å². The number of rotatable bonds is 1. The minimum atomic E-state index is -0.403. The Bertz CT molecular complexity index is 108. The predicted molar refractivity (Wildman–Crippen MR) is 31.7 cm³/mol. The summed E-state index contributed by atoms with van der Waals surface area (Å²) < 4.78 is 0. The van der Waals surface area contributed by atoms with Gasteiger partial charge in [-0.2, -0.15) is 5.26 Å². The third kappa shape index (κ3) is 1.51. The summed E-state index contributed by atoms with van der Waals surface area (Å²) >= 11 is 0. The Balaban J connectivity index is 3.97. The van der Waals surface area contributed by atoms with Crippen molar-refractivity contribution in [2.45, 2.75) is 26.3 Å². The molecule has 2 nitrogen and oxygen atoms in total. The largest absolute Gasteiger partial charge is 0.341 e. The lowest BCUT2D eigenvalue weighted by Gasteiger charge is -2.14. The average Bonchev–Trinajstić information content (AvgIpc) is 1.67. The number of hydrogen-bond acceptors (Lipinski definition) is 1. The molecule has 0 aliphatic rings. The lowest BCUT2D eigenvalue weighted by Crippen LogP contribution is -2.72. The van der Waals surface area contributed by atoms with Crippen LogP contribution in [0.5, 0.6) is 0 Å². The minimum absolute atomic E-state index is 0.340. The lowest BCUT2D eigenvalue weighted by atomic mass is 9.92. The van der Waals surface area contributed by atoms with Crippen LogP contribution in [0.4, 0.5) is 0 Å². The molecule has 46 valence electrons. The van der Waals surface area contributed by atoms with E-state index >= 15 is 0 Å². The van der Waals surface area contributed by atoms with Crippen LogP contribution in [-0.2, 0) is 0 Å². The van der Waals surface area contributed by atoms with E-state index in [4.69, 9.17) is 5.26 Å². The van der Waals surface area contributed by atoms with E-state index in [-0.39, 0.29) is 0 Å². The van der Waals surface area contributed by atoms with Crippen molar-refractivity contribution in [1.29, 1.82) is 5.26 Å². The monoisotopic (exact) mass is 113 g/mol. The quantitative estimate of drug-likeness (QED) is 0.517. The van der Waals surface area contributed by atoms with Crippen molar-refractivity contribution in [3.63, 3.8) is 0 Å². The second-order valence-electron chi connectivity index (χ2n) is 2.68. The van der Waals surface area contributed by atoms with Gasteiger partial charge in [0.05, 0.1) is 0 Å². The molecule has 0 fully saturated rings. The summed E-state index contributed by atoms with van der Waals surface area (Å²) in [6.45, 7) is 5.84. The molecule has 0 saturated carbocycles. The first-order valence-corrected chi connectivity index (χ1v) is 2.77. The van der Waals surface area contributed by atoms with Gasteiger partial charge in [-0.3, -0.25) is 0 Å². The molecule has 0 aliphatic carbocycles. The smallest absolute Gasteiger partial charge is 0.181 e. The topological polar surface area (TPSA) is 51.4 Å². The van der Waals surface area contributed by atoms with E-state index in [1.54, 1.807) is 0 Å². The van der Waals surface area contributed by atoms with E-state index in [9.17, 15) is 0 Å². The van der Waals surface area contributed by atoms with Crippen LogP contribution in [0.15, 0.2) is 0 Å². The van der Waals surface area contributed by atoms with Crippen LogP contribution >= 0.6 is 0 Å². The van der Waals surface area contributed by atoms with Crippen molar-refractivity contribution in [2.75, 3.05) is 0 Å². The summed E-state index contributed by atoms with van der Waals surface area (Å²) in [6, 6.07) is 2.13. The summed E-state index contributed by atoms with van der Waals surface area (Å²) in [5, 5.41) is 8.45. The Kier molecular flexibility index (Phi) is 2.00. The molecule has 0 saturated heterocycles. The summed E-state index contributed by atoms with van der Waals surface area (Å²) in [4.78, 5) is 0. The third-order valence-corrected chi connectivity index (χ3v) is 1.53. The van der Waals surface area contributed by atoms with Crippen molar-refractivity contribution in [3.05, 3.63) is 0 Å². The van der Waals surface area contributed by atoms with Crippen LogP contribution in [0.2, 0.25) is 0 Å². The first-order valence-electron chi connectivity index (χ1n) is 2.77. The van der Waals surface area contributed by atoms with Crippen molar-refractivity contribution in [1.82, 2.24) is 0 Å². The molecule has 8 heavy (non-hydrogen) atoms. The summed E-state index contributed by atoms with van der Waals surface area (Å²) in [5.74, 6) is 0.340. The first kappa shape index (κ1) is 7.45. The molecule has 0 aromatic rings. The van der Waals surface area contributed by atoms with Crippen LogP contribution in [0, 0.1) is 17.2 Å². The number of quaternary nitrogens is 1. The highest BCUT2D eigenvalue weighted by Gasteiger charge is 2.25. The Morgan fingerprint density at radius 1 is 1.62 bits per heavy atom. The molecule has 0 bridgehead atoms. The van der Waals surface area contributed by atoms with E-state index in [1.165, 1.54) is 0 Å². The van der Waals surface area contributed by atoms with Gasteiger partial charge < -0.3 is 5.73 Å².